The van der Waals surface area contributed by atoms with Crippen LogP contribution in [0.25, 0.3) is 0 Å². The van der Waals surface area contributed by atoms with Gasteiger partial charge in [0.1, 0.15) is 24.4 Å². The highest BCUT2D eigenvalue weighted by molar-refractivity contribution is 5.71. The van der Waals surface area contributed by atoms with Crippen LogP contribution >= 0.6 is 0 Å². The van der Waals surface area contributed by atoms with E-state index >= 15 is 0 Å². The van der Waals surface area contributed by atoms with Crippen molar-refractivity contribution in [3.05, 3.63) is 0 Å². The van der Waals surface area contributed by atoms with E-state index in [9.17, 15) is 9.59 Å². The number of carboxylic acids is 2. The second-order valence-electron chi connectivity index (χ2n) is 3.72. The summed E-state index contributed by atoms with van der Waals surface area (Å²) in [6.07, 6.45) is -5.86. The number of carbonyl (C=O) groups is 3. The van der Waals surface area contributed by atoms with Gasteiger partial charge in [0.15, 0.2) is 6.29 Å². The van der Waals surface area contributed by atoms with E-state index in [0.29, 0.717) is 0 Å². The third kappa shape index (κ3) is 33.3. The van der Waals surface area contributed by atoms with E-state index in [1.807, 2.05) is 0 Å². The molecule has 8 N–H and O–H groups in total. The van der Waals surface area contributed by atoms with Gasteiger partial charge in [-0.2, -0.15) is 0 Å². The van der Waals surface area contributed by atoms with Gasteiger partial charge in [0, 0.05) is 13.5 Å². The number of rotatable bonds is 5. The number of carboxylic acid groups (broad SMARTS) is 2. The molecular formula is C12H26O11. The molecule has 0 spiro atoms. The van der Waals surface area contributed by atoms with Crippen molar-refractivity contribution in [3.8, 4) is 0 Å². The molecule has 4 atom stereocenters. The van der Waals surface area contributed by atoms with Gasteiger partial charge in [-0.25, -0.2) is 4.79 Å². The van der Waals surface area contributed by atoms with Gasteiger partial charge in [0.2, 0.25) is 0 Å². The first-order valence-electron chi connectivity index (χ1n) is 6.24. The first-order chi connectivity index (χ1) is 10.4. The minimum atomic E-state index is -1.64. The molecule has 0 aromatic rings. The number of hydrogen-bond acceptors (Lipinski definition) is 9. The van der Waals surface area contributed by atoms with Crippen LogP contribution in [0.1, 0.15) is 20.8 Å². The maximum absolute atomic E-state index is 9.76. The Morgan fingerprint density at radius 2 is 1.30 bits per heavy atom. The molecule has 1 unspecified atom stereocenters. The molecule has 11 heteroatoms. The maximum atomic E-state index is 9.76. The van der Waals surface area contributed by atoms with Gasteiger partial charge in [-0.1, -0.05) is 0 Å². The molecule has 0 aliphatic rings. The zero-order valence-corrected chi connectivity index (χ0v) is 13.1. The fraction of sp³-hybridized carbons (Fsp3) is 0.750. The Bertz CT molecular complexity index is 289. The zero-order chi connectivity index (χ0) is 19.6. The fourth-order valence-electron chi connectivity index (χ4n) is 0.416. The fourth-order valence-corrected chi connectivity index (χ4v) is 0.416. The third-order valence-electron chi connectivity index (χ3n) is 1.43. The number of aldehydes is 1. The lowest BCUT2D eigenvalue weighted by Gasteiger charge is -2.16. The molecular weight excluding hydrogens is 320 g/mol. The summed E-state index contributed by atoms with van der Waals surface area (Å²) in [6, 6.07) is 0. The minimum absolute atomic E-state index is 0.0869. The van der Waals surface area contributed by atoms with Gasteiger partial charge in [0.05, 0.1) is 6.61 Å². The van der Waals surface area contributed by atoms with Crippen molar-refractivity contribution in [1.29, 1.82) is 0 Å². The van der Waals surface area contributed by atoms with Crippen LogP contribution in [0, 0.1) is 0 Å². The van der Waals surface area contributed by atoms with Gasteiger partial charge in [-0.3, -0.25) is 4.79 Å². The van der Waals surface area contributed by atoms with Crippen LogP contribution in [0.3, 0.4) is 0 Å². The topological polar surface area (TPSA) is 213 Å². The molecule has 23 heavy (non-hydrogen) atoms. The summed E-state index contributed by atoms with van der Waals surface area (Å²) in [7, 11) is 0. The van der Waals surface area contributed by atoms with Crippen LogP contribution in [-0.2, 0) is 14.4 Å². The largest absolute Gasteiger partial charge is 0.481 e. The van der Waals surface area contributed by atoms with Crippen LogP contribution in [-0.4, -0.2) is 96.7 Å². The molecule has 0 aromatic heterocycles. The summed E-state index contributed by atoms with van der Waals surface area (Å²) >= 11 is 0. The number of aliphatic hydroxyl groups is 6. The maximum Gasteiger partial charge on any atom is 0.332 e. The van der Waals surface area contributed by atoms with Crippen molar-refractivity contribution in [2.24, 2.45) is 0 Å². The highest BCUT2D eigenvalue weighted by Crippen LogP contribution is 1.96. The Morgan fingerprint density at radius 1 is 1.04 bits per heavy atom. The summed E-state index contributed by atoms with van der Waals surface area (Å²) in [5.74, 6) is -2.02. The van der Waals surface area contributed by atoms with Crippen LogP contribution in [0.4, 0.5) is 0 Å². The Balaban J connectivity index is -0.000000118. The van der Waals surface area contributed by atoms with Gasteiger partial charge in [-0.15, -0.1) is 0 Å². The average Bonchev–Trinajstić information content (AvgIpc) is 2.45. The highest BCUT2D eigenvalue weighted by Gasteiger charge is 2.22. The third-order valence-corrected chi connectivity index (χ3v) is 1.43. The van der Waals surface area contributed by atoms with Crippen molar-refractivity contribution in [2.45, 2.75) is 45.2 Å². The number of carbonyl (C=O) groups excluding carboxylic acids is 1. The predicted octanol–water partition coefficient (Wildman–Crippen LogP) is -3.20. The summed E-state index contributed by atoms with van der Waals surface area (Å²) in [4.78, 5) is 28.2. The van der Waals surface area contributed by atoms with E-state index < -0.39 is 43.0 Å². The monoisotopic (exact) mass is 346 g/mol. The molecule has 0 aliphatic carbocycles. The van der Waals surface area contributed by atoms with Gasteiger partial charge in [0.25, 0.3) is 5.97 Å². The SMILES string of the molecule is CC(=O)O.CC(O)C(=O)O.CCO.O=C[C@H](O)[C@@H](O)[C@H](O)CO. The first-order valence-corrected chi connectivity index (χ1v) is 6.24. The first kappa shape index (κ1) is 29.4. The van der Waals surface area contributed by atoms with E-state index in [-0.39, 0.29) is 12.9 Å². The molecule has 0 saturated heterocycles. The van der Waals surface area contributed by atoms with E-state index in [0.717, 1.165) is 6.92 Å². The van der Waals surface area contributed by atoms with E-state index in [1.165, 1.54) is 6.92 Å². The summed E-state index contributed by atoms with van der Waals surface area (Å²) in [6.45, 7) is 3.52. The summed E-state index contributed by atoms with van der Waals surface area (Å²) in [5.41, 5.74) is 0. The number of aliphatic carboxylic acids is 2. The van der Waals surface area contributed by atoms with Crippen LogP contribution in [0.15, 0.2) is 0 Å². The standard InChI is InChI=1S/C5H10O5.C3H6O3.C2H4O2.C2H6O/c6-1-3(8)5(10)4(9)2-7;1-2(4)3(5)6;1-2(3)4;1-2-3/h1,3-5,7-10H,2H2;2,4H,1H3,(H,5,6);1H3,(H,3,4);3H,2H2,1H3/t3-,4+,5+;;;/m0.../s1. The Labute approximate surface area is 133 Å². The highest BCUT2D eigenvalue weighted by atomic mass is 16.4. The summed E-state index contributed by atoms with van der Waals surface area (Å²) in [5, 5.41) is 64.8. The quantitative estimate of drug-likeness (QED) is 0.232. The molecule has 0 amide bonds. The van der Waals surface area contributed by atoms with E-state index in [4.69, 9.17) is 45.6 Å². The van der Waals surface area contributed by atoms with Crippen LogP contribution in [0.5, 0.6) is 0 Å². The lowest BCUT2D eigenvalue weighted by molar-refractivity contribution is -0.145. The minimum Gasteiger partial charge on any atom is -0.481 e. The molecule has 0 saturated carbocycles. The molecule has 0 radical (unpaired) electrons. The second-order valence-corrected chi connectivity index (χ2v) is 3.72. The molecule has 0 rings (SSSR count). The van der Waals surface area contributed by atoms with Crippen molar-refractivity contribution in [2.75, 3.05) is 13.2 Å². The predicted molar refractivity (Wildman–Crippen MR) is 76.6 cm³/mol. The Morgan fingerprint density at radius 3 is 1.43 bits per heavy atom. The molecule has 11 nitrogen and oxygen atoms in total. The molecule has 0 heterocycles. The zero-order valence-electron chi connectivity index (χ0n) is 13.1. The second kappa shape index (κ2) is 20.4. The van der Waals surface area contributed by atoms with Crippen molar-refractivity contribution >= 4 is 18.2 Å². The van der Waals surface area contributed by atoms with Crippen molar-refractivity contribution < 1.29 is 55.2 Å². The Hall–Kier alpha value is -1.63. The number of aliphatic hydroxyl groups excluding tert-OH is 6. The Kier molecular flexibility index (Phi) is 26.0. The molecule has 0 aliphatic heterocycles. The van der Waals surface area contributed by atoms with Crippen molar-refractivity contribution in [3.63, 3.8) is 0 Å². The van der Waals surface area contributed by atoms with Crippen LogP contribution < -0.4 is 0 Å². The number of hydrogen-bond donors (Lipinski definition) is 8. The lowest BCUT2D eigenvalue weighted by atomic mass is 10.1. The van der Waals surface area contributed by atoms with Gasteiger partial charge in [-0.05, 0) is 13.8 Å². The van der Waals surface area contributed by atoms with E-state index in [1.54, 1.807) is 6.92 Å². The molecule has 0 fully saturated rings. The molecule has 0 aromatic carbocycles. The van der Waals surface area contributed by atoms with Crippen molar-refractivity contribution in [1.82, 2.24) is 0 Å². The normalized spacial score (nSPS) is 14.0. The van der Waals surface area contributed by atoms with E-state index in [2.05, 4.69) is 0 Å². The van der Waals surface area contributed by atoms with Crippen LogP contribution in [0.2, 0.25) is 0 Å². The smallest absolute Gasteiger partial charge is 0.332 e. The average molecular weight is 346 g/mol. The molecule has 0 bridgehead atoms. The van der Waals surface area contributed by atoms with Gasteiger partial charge >= 0.3 is 5.97 Å². The summed E-state index contributed by atoms with van der Waals surface area (Å²) < 4.78 is 0. The lowest BCUT2D eigenvalue weighted by Crippen LogP contribution is -2.40. The molecule has 140 valence electrons. The van der Waals surface area contributed by atoms with Gasteiger partial charge < -0.3 is 45.6 Å².